The van der Waals surface area contributed by atoms with Crippen molar-refractivity contribution in [3.63, 3.8) is 0 Å². The predicted molar refractivity (Wildman–Crippen MR) is 101 cm³/mol. The van der Waals surface area contributed by atoms with E-state index in [-0.39, 0.29) is 5.57 Å². The molecule has 8 nitrogen and oxygen atoms in total. The Morgan fingerprint density at radius 1 is 1.17 bits per heavy atom. The Hall–Kier alpha value is -1.32. The van der Waals surface area contributed by atoms with Crippen molar-refractivity contribution >= 4 is 11.8 Å². The smallest absolute Gasteiger partial charge is 0.302 e. The molecule has 0 aromatic carbocycles. The summed E-state index contributed by atoms with van der Waals surface area (Å²) >= 11 is 0. The molecule has 2 spiro atoms. The third-order valence-electron chi connectivity index (χ3n) is 9.21. The van der Waals surface area contributed by atoms with Crippen LogP contribution < -0.4 is 0 Å². The van der Waals surface area contributed by atoms with E-state index < -0.39 is 76.1 Å². The first-order valence-corrected chi connectivity index (χ1v) is 10.7. The number of carbonyl (C=O) groups excluding carboxylic acids is 2. The largest absolute Gasteiger partial charge is 0.462 e. The summed E-state index contributed by atoms with van der Waals surface area (Å²) in [4.78, 5) is 25.5. The molecule has 2 aliphatic heterocycles. The second-order valence-electron chi connectivity index (χ2n) is 10.6. The maximum Gasteiger partial charge on any atom is 0.302 e. The molecule has 6 aliphatic rings. The molecule has 2 heterocycles. The lowest BCUT2D eigenvalue weighted by Crippen LogP contribution is -2.87. The summed E-state index contributed by atoms with van der Waals surface area (Å²) in [6, 6.07) is 0. The van der Waals surface area contributed by atoms with E-state index in [1.54, 1.807) is 0 Å². The molecule has 10 atom stereocenters. The summed E-state index contributed by atoms with van der Waals surface area (Å²) in [5.74, 6) is -5.52. The molecule has 4 saturated carbocycles. The lowest BCUT2D eigenvalue weighted by molar-refractivity contribution is -0.507. The molecule has 4 aliphatic carbocycles. The molecule has 1 unspecified atom stereocenters. The van der Waals surface area contributed by atoms with Crippen LogP contribution in [-0.2, 0) is 19.1 Å². The van der Waals surface area contributed by atoms with Crippen LogP contribution in [0, 0.1) is 34.0 Å². The Bertz CT molecular complexity index is 852. The second kappa shape index (κ2) is 5.72. The van der Waals surface area contributed by atoms with Gasteiger partial charge in [-0.3, -0.25) is 9.59 Å². The van der Waals surface area contributed by atoms with Gasteiger partial charge in [0.1, 0.15) is 17.6 Å². The summed E-state index contributed by atoms with van der Waals surface area (Å²) in [6.45, 7) is 9.02. The highest BCUT2D eigenvalue weighted by atomic mass is 16.7. The number of esters is 1. The van der Waals surface area contributed by atoms with Crippen molar-refractivity contribution in [2.24, 2.45) is 34.0 Å². The Kier molecular flexibility index (Phi) is 3.92. The van der Waals surface area contributed by atoms with Crippen LogP contribution in [0.2, 0.25) is 0 Å². The van der Waals surface area contributed by atoms with Crippen molar-refractivity contribution in [3.8, 4) is 0 Å². The van der Waals surface area contributed by atoms with E-state index in [1.807, 2.05) is 13.8 Å². The zero-order valence-electron chi connectivity index (χ0n) is 17.5. The van der Waals surface area contributed by atoms with Crippen LogP contribution in [0.5, 0.6) is 0 Å². The molecule has 4 bridgehead atoms. The normalized spacial score (nSPS) is 55.8. The molecular weight excluding hydrogens is 392 g/mol. The molecule has 2 saturated heterocycles. The SMILES string of the molecule is C=C1C(=O)[C@]23[C@H](O)[C@@H]1CC[C@H]2[C@@]12C(O)O[C@]3(O)[C@@H](O)[C@@H]1C(C)(C)CC[C@@H]2OC(C)=O. The van der Waals surface area contributed by atoms with E-state index in [1.165, 1.54) is 6.92 Å². The van der Waals surface area contributed by atoms with Crippen LogP contribution in [0.3, 0.4) is 0 Å². The summed E-state index contributed by atoms with van der Waals surface area (Å²) < 4.78 is 11.4. The molecule has 0 aromatic rings. The Morgan fingerprint density at radius 2 is 1.83 bits per heavy atom. The summed E-state index contributed by atoms with van der Waals surface area (Å²) in [6.07, 6.45) is -3.39. The Balaban J connectivity index is 1.82. The van der Waals surface area contributed by atoms with Crippen LogP contribution in [0.15, 0.2) is 12.2 Å². The number of ketones is 1. The molecule has 0 amide bonds. The number of rotatable bonds is 1. The van der Waals surface area contributed by atoms with Crippen LogP contribution in [-0.4, -0.2) is 62.6 Å². The number of fused-ring (bicyclic) bond motifs is 2. The first-order chi connectivity index (χ1) is 13.9. The zero-order chi connectivity index (χ0) is 22.0. The maximum absolute atomic E-state index is 13.6. The van der Waals surface area contributed by atoms with Gasteiger partial charge in [0.2, 0.25) is 5.79 Å². The monoisotopic (exact) mass is 422 g/mol. The van der Waals surface area contributed by atoms with Crippen molar-refractivity contribution < 1.29 is 39.5 Å². The standard InChI is InChI=1S/C22H30O8/c1-9-11-5-6-12-20-13(29-10(2)23)7-8-19(3,4)14(20)17(26)22(28,30-18(20)27)21(12,15(9)24)16(11)25/h11-14,16-18,25-28H,1,5-8H2,2-4H3/t11-,12+,13+,14-,16-,17+,18?,20+,21+,22-/m1/s1. The highest BCUT2D eigenvalue weighted by Gasteiger charge is 2.89. The number of aliphatic hydroxyl groups excluding tert-OH is 3. The number of ether oxygens (including phenoxy) is 2. The zero-order valence-corrected chi connectivity index (χ0v) is 17.5. The van der Waals surface area contributed by atoms with Crippen LogP contribution in [0.1, 0.15) is 46.5 Å². The first kappa shape index (κ1) is 20.6. The van der Waals surface area contributed by atoms with Gasteiger partial charge in [-0.15, -0.1) is 0 Å². The fourth-order valence-electron chi connectivity index (χ4n) is 8.30. The van der Waals surface area contributed by atoms with Gasteiger partial charge >= 0.3 is 5.97 Å². The summed E-state index contributed by atoms with van der Waals surface area (Å²) in [7, 11) is 0. The minimum absolute atomic E-state index is 0.211. The van der Waals surface area contributed by atoms with E-state index in [0.29, 0.717) is 25.7 Å². The van der Waals surface area contributed by atoms with Gasteiger partial charge in [0.15, 0.2) is 12.1 Å². The van der Waals surface area contributed by atoms with Gasteiger partial charge in [0.05, 0.1) is 11.5 Å². The number of Topliss-reactive ketones (excluding diaryl/α,β-unsaturated/α-hetero) is 1. The average molecular weight is 422 g/mol. The van der Waals surface area contributed by atoms with Gasteiger partial charge in [0, 0.05) is 18.8 Å². The fourth-order valence-corrected chi connectivity index (χ4v) is 8.30. The van der Waals surface area contributed by atoms with Crippen molar-refractivity contribution in [1.82, 2.24) is 0 Å². The van der Waals surface area contributed by atoms with Gasteiger partial charge < -0.3 is 29.9 Å². The quantitative estimate of drug-likeness (QED) is 0.349. The van der Waals surface area contributed by atoms with Crippen molar-refractivity contribution in [1.29, 1.82) is 0 Å². The minimum Gasteiger partial charge on any atom is -0.462 e. The van der Waals surface area contributed by atoms with Crippen molar-refractivity contribution in [2.75, 3.05) is 0 Å². The molecule has 4 N–H and O–H groups in total. The molecule has 6 fully saturated rings. The van der Waals surface area contributed by atoms with Crippen LogP contribution in [0.4, 0.5) is 0 Å². The van der Waals surface area contributed by atoms with Gasteiger partial charge in [-0.2, -0.15) is 0 Å². The van der Waals surface area contributed by atoms with Gasteiger partial charge in [-0.25, -0.2) is 0 Å². The third kappa shape index (κ3) is 1.84. The van der Waals surface area contributed by atoms with Gasteiger partial charge in [0.25, 0.3) is 0 Å². The minimum atomic E-state index is -2.46. The lowest BCUT2D eigenvalue weighted by Gasteiger charge is -2.75. The number of carbonyl (C=O) groups is 2. The van der Waals surface area contributed by atoms with Crippen LogP contribution in [0.25, 0.3) is 0 Å². The number of hydrogen-bond acceptors (Lipinski definition) is 8. The van der Waals surface area contributed by atoms with E-state index in [2.05, 4.69) is 6.58 Å². The molecule has 0 aromatic heterocycles. The third-order valence-corrected chi connectivity index (χ3v) is 9.21. The van der Waals surface area contributed by atoms with E-state index in [9.17, 15) is 30.0 Å². The summed E-state index contributed by atoms with van der Waals surface area (Å²) in [5, 5.41) is 45.8. The van der Waals surface area contributed by atoms with E-state index in [4.69, 9.17) is 9.47 Å². The summed E-state index contributed by atoms with van der Waals surface area (Å²) in [5.41, 5.74) is -3.53. The molecule has 30 heavy (non-hydrogen) atoms. The topological polar surface area (TPSA) is 134 Å². The lowest BCUT2D eigenvalue weighted by atomic mass is 9.35. The average Bonchev–Trinajstić information content (AvgIpc) is 2.74. The first-order valence-electron chi connectivity index (χ1n) is 10.7. The van der Waals surface area contributed by atoms with E-state index in [0.717, 1.165) is 0 Å². The fraction of sp³-hybridized carbons (Fsp3) is 0.818. The molecular formula is C22H30O8. The van der Waals surface area contributed by atoms with Crippen molar-refractivity contribution in [3.05, 3.63) is 12.2 Å². The molecule has 6 rings (SSSR count). The van der Waals surface area contributed by atoms with Crippen LogP contribution >= 0.6 is 0 Å². The molecule has 8 heteroatoms. The maximum atomic E-state index is 13.6. The molecule has 0 radical (unpaired) electrons. The Labute approximate surface area is 174 Å². The number of hydrogen-bond donors (Lipinski definition) is 4. The number of aliphatic hydroxyl groups is 4. The second-order valence-corrected chi connectivity index (χ2v) is 10.6. The van der Waals surface area contributed by atoms with E-state index >= 15 is 0 Å². The highest BCUT2D eigenvalue weighted by molar-refractivity contribution is 6.05. The Morgan fingerprint density at radius 3 is 2.47 bits per heavy atom. The highest BCUT2D eigenvalue weighted by Crippen LogP contribution is 2.77. The van der Waals surface area contributed by atoms with Gasteiger partial charge in [-0.05, 0) is 42.6 Å². The molecule has 166 valence electrons. The predicted octanol–water partition coefficient (Wildman–Crippen LogP) is 0.265. The van der Waals surface area contributed by atoms with Gasteiger partial charge in [-0.1, -0.05) is 20.4 Å². The van der Waals surface area contributed by atoms with Crippen molar-refractivity contribution in [2.45, 2.75) is 76.8 Å².